The molecule has 2 nitrogen and oxygen atoms in total. The van der Waals surface area contributed by atoms with Crippen molar-refractivity contribution >= 4 is 0 Å². The van der Waals surface area contributed by atoms with Crippen LogP contribution >= 0.6 is 0 Å². The van der Waals surface area contributed by atoms with Gasteiger partial charge in [0.2, 0.25) is 0 Å². The third-order valence-electron chi connectivity index (χ3n) is 2.49. The average molecular weight is 195 g/mol. The molecule has 0 aliphatic heterocycles. The number of aromatic nitrogens is 1. The van der Waals surface area contributed by atoms with Gasteiger partial charge in [0.05, 0.1) is 5.69 Å². The van der Waals surface area contributed by atoms with Gasteiger partial charge in [-0.2, -0.15) is 0 Å². The van der Waals surface area contributed by atoms with E-state index in [0.717, 1.165) is 11.5 Å². The summed E-state index contributed by atoms with van der Waals surface area (Å²) in [6, 6.07) is 0. The maximum absolute atomic E-state index is 5.33. The fourth-order valence-electron chi connectivity index (χ4n) is 1.63. The predicted molar refractivity (Wildman–Crippen MR) is 58.7 cm³/mol. The molecule has 0 N–H and O–H groups in total. The molecule has 14 heavy (non-hydrogen) atoms. The first-order valence-electron chi connectivity index (χ1n) is 5.66. The second-order valence-corrected chi connectivity index (χ2v) is 3.99. The summed E-state index contributed by atoms with van der Waals surface area (Å²) in [4.78, 5) is 0. The fraction of sp³-hybridized carbons (Fsp3) is 0.750. The fourth-order valence-corrected chi connectivity index (χ4v) is 1.63. The summed E-state index contributed by atoms with van der Waals surface area (Å²) in [5.74, 6) is 2.31. The highest BCUT2D eigenvalue weighted by molar-refractivity contribution is 5.28. The van der Waals surface area contributed by atoms with Crippen LogP contribution in [0.15, 0.2) is 4.52 Å². The lowest BCUT2D eigenvalue weighted by Gasteiger charge is -1.98. The van der Waals surface area contributed by atoms with Crippen LogP contribution in [0, 0.1) is 6.92 Å². The van der Waals surface area contributed by atoms with Gasteiger partial charge in [0.1, 0.15) is 5.76 Å². The van der Waals surface area contributed by atoms with Crippen molar-refractivity contribution in [3.63, 3.8) is 0 Å². The van der Waals surface area contributed by atoms with Crippen LogP contribution in [0.3, 0.4) is 0 Å². The van der Waals surface area contributed by atoms with Crippen molar-refractivity contribution in [3.8, 4) is 0 Å². The van der Waals surface area contributed by atoms with E-state index in [1.54, 1.807) is 0 Å². The van der Waals surface area contributed by atoms with Crippen molar-refractivity contribution in [1.82, 2.24) is 5.16 Å². The van der Waals surface area contributed by atoms with Crippen molar-refractivity contribution in [2.24, 2.45) is 0 Å². The summed E-state index contributed by atoms with van der Waals surface area (Å²) in [5.41, 5.74) is 2.42. The highest BCUT2D eigenvalue weighted by Crippen LogP contribution is 2.42. The summed E-state index contributed by atoms with van der Waals surface area (Å²) >= 11 is 0. The van der Waals surface area contributed by atoms with Gasteiger partial charge in [-0.1, -0.05) is 32.9 Å². The molecule has 0 atom stereocenters. The van der Waals surface area contributed by atoms with Crippen LogP contribution in [0.1, 0.15) is 69.4 Å². The van der Waals surface area contributed by atoms with E-state index in [-0.39, 0.29) is 0 Å². The monoisotopic (exact) mass is 195 g/mol. The molecule has 1 aliphatic carbocycles. The van der Waals surface area contributed by atoms with Crippen molar-refractivity contribution in [2.45, 2.75) is 59.3 Å². The Morgan fingerprint density at radius 2 is 1.86 bits per heavy atom. The van der Waals surface area contributed by atoms with E-state index in [2.05, 4.69) is 25.9 Å². The molecule has 2 rings (SSSR count). The molecule has 0 aromatic carbocycles. The van der Waals surface area contributed by atoms with E-state index in [4.69, 9.17) is 4.52 Å². The van der Waals surface area contributed by atoms with Gasteiger partial charge < -0.3 is 4.52 Å². The van der Waals surface area contributed by atoms with Crippen molar-refractivity contribution < 1.29 is 4.52 Å². The molecular formula is C12H21NO. The molecule has 1 saturated carbocycles. The predicted octanol–water partition coefficient (Wildman–Crippen LogP) is 4.01. The number of hydrogen-bond donors (Lipinski definition) is 0. The Kier molecular flexibility index (Phi) is 3.73. The van der Waals surface area contributed by atoms with Gasteiger partial charge >= 0.3 is 0 Å². The normalized spacial score (nSPS) is 15.3. The van der Waals surface area contributed by atoms with E-state index >= 15 is 0 Å². The Bertz CT molecular complexity index is 265. The molecule has 0 bridgehead atoms. The molecule has 2 heteroatoms. The lowest BCUT2D eigenvalue weighted by molar-refractivity contribution is 0.375. The zero-order valence-corrected chi connectivity index (χ0v) is 9.92. The van der Waals surface area contributed by atoms with Gasteiger partial charge in [-0.05, 0) is 25.7 Å². The van der Waals surface area contributed by atoms with Crippen LogP contribution in [0.2, 0.25) is 0 Å². The van der Waals surface area contributed by atoms with Gasteiger partial charge in [0, 0.05) is 11.5 Å². The maximum atomic E-state index is 5.33. The van der Waals surface area contributed by atoms with Crippen LogP contribution in [0.5, 0.6) is 0 Å². The largest absolute Gasteiger partial charge is 0.361 e. The summed E-state index contributed by atoms with van der Waals surface area (Å²) in [7, 11) is 0. The molecule has 0 saturated heterocycles. The minimum atomic E-state index is 0.487. The lowest BCUT2D eigenvalue weighted by atomic mass is 10.0. The van der Waals surface area contributed by atoms with Crippen molar-refractivity contribution in [2.75, 3.05) is 0 Å². The van der Waals surface area contributed by atoms with Crippen LogP contribution in [0.25, 0.3) is 0 Å². The zero-order chi connectivity index (χ0) is 10.7. The molecule has 1 fully saturated rings. The first-order valence-corrected chi connectivity index (χ1v) is 5.66. The van der Waals surface area contributed by atoms with Crippen molar-refractivity contribution in [1.29, 1.82) is 0 Å². The van der Waals surface area contributed by atoms with Gasteiger partial charge in [-0.25, -0.2) is 0 Å². The molecule has 0 amide bonds. The van der Waals surface area contributed by atoms with Gasteiger partial charge in [0.25, 0.3) is 0 Å². The molecule has 0 spiro atoms. The number of hydrogen-bond acceptors (Lipinski definition) is 2. The molecule has 0 unspecified atom stereocenters. The maximum Gasteiger partial charge on any atom is 0.142 e. The first kappa shape index (κ1) is 11.3. The summed E-state index contributed by atoms with van der Waals surface area (Å²) in [6.07, 6.45) is 2.57. The van der Waals surface area contributed by atoms with Crippen LogP contribution in [-0.2, 0) is 0 Å². The first-order chi connectivity index (χ1) is 6.70. The summed E-state index contributed by atoms with van der Waals surface area (Å²) < 4.78 is 5.33. The molecule has 1 heterocycles. The third-order valence-corrected chi connectivity index (χ3v) is 2.49. The van der Waals surface area contributed by atoms with Crippen molar-refractivity contribution in [3.05, 3.63) is 17.0 Å². The highest BCUT2D eigenvalue weighted by Gasteiger charge is 2.30. The Morgan fingerprint density at radius 3 is 2.21 bits per heavy atom. The minimum absolute atomic E-state index is 0.487. The van der Waals surface area contributed by atoms with Gasteiger partial charge in [-0.3, -0.25) is 0 Å². The van der Waals surface area contributed by atoms with E-state index in [1.807, 2.05) is 13.8 Å². The van der Waals surface area contributed by atoms with E-state index in [1.165, 1.54) is 18.4 Å². The Morgan fingerprint density at radius 1 is 1.29 bits per heavy atom. The zero-order valence-electron chi connectivity index (χ0n) is 9.92. The van der Waals surface area contributed by atoms with Crippen LogP contribution in [-0.4, -0.2) is 5.16 Å². The summed E-state index contributed by atoms with van der Waals surface area (Å²) in [5, 5.41) is 4.10. The van der Waals surface area contributed by atoms with Gasteiger partial charge in [0.15, 0.2) is 0 Å². The molecule has 80 valence electrons. The Labute approximate surface area is 86.7 Å². The van der Waals surface area contributed by atoms with Crippen LogP contribution in [0.4, 0.5) is 0 Å². The molecule has 1 aromatic heterocycles. The lowest BCUT2D eigenvalue weighted by Crippen LogP contribution is -1.90. The standard InChI is InChI=1S/C10H15NO.C2H6/c1-6(2)9-7(3)10(12-11-9)8-4-5-8;1-2/h6,8H,4-5H2,1-3H3;1-2H3. The minimum Gasteiger partial charge on any atom is -0.361 e. The molecule has 1 aliphatic rings. The topological polar surface area (TPSA) is 26.0 Å². The Balaban J connectivity index is 0.000000461. The molecule has 0 radical (unpaired) electrons. The highest BCUT2D eigenvalue weighted by atomic mass is 16.5. The SMILES string of the molecule is CC.Cc1c(C(C)C)noc1C1CC1. The summed E-state index contributed by atoms with van der Waals surface area (Å²) in [6.45, 7) is 10.4. The number of rotatable bonds is 2. The third kappa shape index (κ3) is 2.17. The Hall–Kier alpha value is -0.790. The van der Waals surface area contributed by atoms with E-state index in [9.17, 15) is 0 Å². The molecular weight excluding hydrogens is 174 g/mol. The van der Waals surface area contributed by atoms with E-state index in [0.29, 0.717) is 11.8 Å². The quantitative estimate of drug-likeness (QED) is 0.712. The second-order valence-electron chi connectivity index (χ2n) is 3.99. The van der Waals surface area contributed by atoms with Gasteiger partial charge in [-0.15, -0.1) is 0 Å². The van der Waals surface area contributed by atoms with Crippen LogP contribution < -0.4 is 0 Å². The number of nitrogens with zero attached hydrogens (tertiary/aromatic N) is 1. The smallest absolute Gasteiger partial charge is 0.142 e. The average Bonchev–Trinajstić information content (AvgIpc) is 2.93. The second kappa shape index (κ2) is 4.63. The van der Waals surface area contributed by atoms with E-state index < -0.39 is 0 Å². The molecule has 1 aromatic rings.